The molecule has 1 aliphatic rings. The minimum Gasteiger partial charge on any atom is -0.444 e. The number of sulfonamides is 1. The molecule has 2 rings (SSSR count). The molecule has 2 heterocycles. The lowest BCUT2D eigenvalue weighted by Crippen LogP contribution is -2.54. The molecule has 24 heavy (non-hydrogen) atoms. The Morgan fingerprint density at radius 3 is 2.62 bits per heavy atom. The second kappa shape index (κ2) is 6.26. The number of guanidine groups is 1. The zero-order chi connectivity index (χ0) is 18.3. The van der Waals surface area contributed by atoms with Crippen molar-refractivity contribution in [2.24, 2.45) is 4.99 Å². The summed E-state index contributed by atoms with van der Waals surface area (Å²) in [5.41, 5.74) is -1.80. The summed E-state index contributed by atoms with van der Waals surface area (Å²) >= 11 is 4.55. The fraction of sp³-hybridized carbons (Fsp3) is 0.615. The number of alkyl carbamates (subject to hydrolysis) is 1. The predicted molar refractivity (Wildman–Crippen MR) is 95.5 cm³/mol. The third-order valence-electron chi connectivity index (χ3n) is 3.08. The van der Waals surface area contributed by atoms with Crippen molar-refractivity contribution in [3.8, 4) is 0 Å². The van der Waals surface area contributed by atoms with Gasteiger partial charge in [0.2, 0.25) is 16.0 Å². The summed E-state index contributed by atoms with van der Waals surface area (Å²) in [4.78, 5) is 20.7. The topological polar surface area (TPSA) is 101 Å². The summed E-state index contributed by atoms with van der Waals surface area (Å²) in [5.74, 6) is -0.333. The zero-order valence-corrected chi connectivity index (χ0v) is 17.2. The van der Waals surface area contributed by atoms with E-state index in [2.05, 4.69) is 31.2 Å². The van der Waals surface area contributed by atoms with Crippen molar-refractivity contribution in [3.05, 3.63) is 15.0 Å². The number of amides is 1. The van der Waals surface area contributed by atoms with Crippen LogP contribution in [-0.2, 0) is 20.3 Å². The van der Waals surface area contributed by atoms with Crippen LogP contribution in [0.3, 0.4) is 0 Å². The highest BCUT2D eigenvalue weighted by atomic mass is 79.9. The first-order valence-corrected chi connectivity index (χ1v) is 10.3. The molecule has 0 spiro atoms. The second-order valence-corrected chi connectivity index (χ2v) is 10.2. The van der Waals surface area contributed by atoms with E-state index in [0.717, 1.165) is 4.31 Å². The molecule has 8 nitrogen and oxygen atoms in total. The maximum absolute atomic E-state index is 12.5. The van der Waals surface area contributed by atoms with Crippen LogP contribution >= 0.6 is 27.3 Å². The van der Waals surface area contributed by atoms with Gasteiger partial charge in [0, 0.05) is 12.4 Å². The van der Waals surface area contributed by atoms with Crippen LogP contribution in [0.25, 0.3) is 0 Å². The fourth-order valence-electron chi connectivity index (χ4n) is 2.03. The molecule has 0 saturated heterocycles. The maximum atomic E-state index is 12.5. The molecule has 0 bridgehead atoms. The van der Waals surface area contributed by atoms with Gasteiger partial charge >= 0.3 is 6.09 Å². The largest absolute Gasteiger partial charge is 0.444 e. The van der Waals surface area contributed by atoms with Gasteiger partial charge in [-0.1, -0.05) is 0 Å². The maximum Gasteiger partial charge on any atom is 0.414 e. The van der Waals surface area contributed by atoms with Gasteiger partial charge < -0.3 is 4.74 Å². The molecule has 0 radical (unpaired) electrons. The molecule has 1 atom stereocenters. The average Bonchev–Trinajstić information content (AvgIpc) is 2.80. The molecule has 1 amide bonds. The molecule has 0 saturated carbocycles. The number of nitrogens with zero attached hydrogens (tertiary/aromatic N) is 3. The van der Waals surface area contributed by atoms with E-state index in [9.17, 15) is 13.2 Å². The predicted octanol–water partition coefficient (Wildman–Crippen LogP) is 2.28. The molecular weight excluding hydrogens is 420 g/mol. The molecule has 0 aliphatic carbocycles. The molecular formula is C13H19BrN4O4S2. The molecule has 0 fully saturated rings. The Morgan fingerprint density at radius 1 is 1.50 bits per heavy atom. The molecule has 1 aliphatic heterocycles. The van der Waals surface area contributed by atoms with Crippen LogP contribution in [0, 0.1) is 0 Å². The van der Waals surface area contributed by atoms with Gasteiger partial charge in [-0.2, -0.15) is 0 Å². The van der Waals surface area contributed by atoms with Crippen LogP contribution in [0.1, 0.15) is 32.7 Å². The highest BCUT2D eigenvalue weighted by Crippen LogP contribution is 2.34. The minimum absolute atomic E-state index is 0.0932. The summed E-state index contributed by atoms with van der Waals surface area (Å²) in [6.07, 6.45) is -0.770. The lowest BCUT2D eigenvalue weighted by Gasteiger charge is -2.34. The van der Waals surface area contributed by atoms with Crippen molar-refractivity contribution in [1.29, 1.82) is 0 Å². The van der Waals surface area contributed by atoms with Gasteiger partial charge in [-0.15, -0.1) is 11.3 Å². The van der Waals surface area contributed by atoms with E-state index < -0.39 is 27.3 Å². The number of hydrogen-bond donors (Lipinski definition) is 1. The van der Waals surface area contributed by atoms with Gasteiger partial charge in [0.05, 0.1) is 0 Å². The van der Waals surface area contributed by atoms with Crippen molar-refractivity contribution in [2.75, 3.05) is 12.8 Å². The Labute approximate surface area is 153 Å². The lowest BCUT2D eigenvalue weighted by atomic mass is 10.1. The van der Waals surface area contributed by atoms with Crippen LogP contribution in [-0.4, -0.2) is 48.2 Å². The smallest absolute Gasteiger partial charge is 0.414 e. The number of rotatable bonds is 1. The van der Waals surface area contributed by atoms with E-state index in [0.29, 0.717) is 9.61 Å². The number of nitrogens with one attached hydrogen (secondary N) is 1. The van der Waals surface area contributed by atoms with Crippen molar-refractivity contribution < 1.29 is 17.9 Å². The standard InChI is InChI=1S/C13H19BrN4O4S2/c1-12(2,3)22-11(19)16-10-17-13(4,7-24(20,21)18(10)5)9-15-8(14)6-23-9/h6H,7H2,1-5H3,(H,16,17,19)/t13-/m0/s1. The first kappa shape index (κ1) is 19.1. The first-order chi connectivity index (χ1) is 10.8. The van der Waals surface area contributed by atoms with Crippen molar-refractivity contribution in [2.45, 2.75) is 38.8 Å². The van der Waals surface area contributed by atoms with E-state index >= 15 is 0 Å². The van der Waals surface area contributed by atoms with Crippen LogP contribution in [0.15, 0.2) is 15.0 Å². The van der Waals surface area contributed by atoms with Gasteiger partial charge in [-0.25, -0.2) is 27.5 Å². The lowest BCUT2D eigenvalue weighted by molar-refractivity contribution is 0.0559. The number of thiazole rings is 1. The zero-order valence-electron chi connectivity index (χ0n) is 14.0. The number of aliphatic imine (C=N–C) groups is 1. The van der Waals surface area contributed by atoms with Crippen molar-refractivity contribution >= 4 is 49.3 Å². The van der Waals surface area contributed by atoms with Gasteiger partial charge in [0.25, 0.3) is 0 Å². The fourth-order valence-corrected chi connectivity index (χ4v) is 4.94. The minimum atomic E-state index is -3.66. The summed E-state index contributed by atoms with van der Waals surface area (Å²) in [7, 11) is -2.33. The van der Waals surface area contributed by atoms with Crippen molar-refractivity contribution in [1.82, 2.24) is 14.6 Å². The third kappa shape index (κ3) is 4.25. The Hall–Kier alpha value is -1.20. The average molecular weight is 439 g/mol. The van der Waals surface area contributed by atoms with E-state index in [4.69, 9.17) is 4.74 Å². The highest BCUT2D eigenvalue weighted by molar-refractivity contribution is 9.10. The van der Waals surface area contributed by atoms with E-state index in [-0.39, 0.29) is 11.7 Å². The molecule has 1 aromatic heterocycles. The molecule has 11 heteroatoms. The summed E-state index contributed by atoms with van der Waals surface area (Å²) in [5, 5.41) is 4.70. The number of carbonyl (C=O) groups excluding carboxylic acids is 1. The number of carbonyl (C=O) groups is 1. The Kier molecular flexibility index (Phi) is 4.99. The summed E-state index contributed by atoms with van der Waals surface area (Å²) < 4.78 is 31.7. The quantitative estimate of drug-likeness (QED) is 0.724. The Balaban J connectivity index is 2.38. The van der Waals surface area contributed by atoms with Gasteiger partial charge in [0.15, 0.2) is 0 Å². The SMILES string of the molecule is CN1C(NC(=O)OC(C)(C)C)=N[C@](C)(c2nc(Br)cs2)CS1(=O)=O. The highest BCUT2D eigenvalue weighted by Gasteiger charge is 2.43. The third-order valence-corrected chi connectivity index (χ3v) is 6.82. The van der Waals surface area contributed by atoms with Crippen LogP contribution in [0.4, 0.5) is 4.79 Å². The summed E-state index contributed by atoms with van der Waals surface area (Å²) in [6.45, 7) is 6.81. The first-order valence-electron chi connectivity index (χ1n) is 7.00. The number of halogens is 1. The number of ether oxygens (including phenoxy) is 1. The van der Waals surface area contributed by atoms with Crippen LogP contribution in [0.2, 0.25) is 0 Å². The van der Waals surface area contributed by atoms with Gasteiger partial charge in [-0.3, -0.25) is 5.32 Å². The summed E-state index contributed by atoms with van der Waals surface area (Å²) in [6, 6.07) is 0. The number of hydrogen-bond acceptors (Lipinski definition) is 7. The monoisotopic (exact) mass is 438 g/mol. The number of aromatic nitrogens is 1. The van der Waals surface area contributed by atoms with Crippen LogP contribution in [0.5, 0.6) is 0 Å². The molecule has 134 valence electrons. The molecule has 0 unspecified atom stereocenters. The molecule has 1 aromatic rings. The van der Waals surface area contributed by atoms with Gasteiger partial charge in [-0.05, 0) is 43.6 Å². The Bertz CT molecular complexity index is 784. The molecule has 0 aromatic carbocycles. The van der Waals surface area contributed by atoms with E-state index in [1.165, 1.54) is 18.4 Å². The van der Waals surface area contributed by atoms with E-state index in [1.54, 1.807) is 33.1 Å². The van der Waals surface area contributed by atoms with E-state index in [1.807, 2.05) is 0 Å². The van der Waals surface area contributed by atoms with Gasteiger partial charge in [0.1, 0.15) is 26.5 Å². The van der Waals surface area contributed by atoms with Crippen molar-refractivity contribution in [3.63, 3.8) is 0 Å². The van der Waals surface area contributed by atoms with Crippen LogP contribution < -0.4 is 5.32 Å². The second-order valence-electron chi connectivity index (χ2n) is 6.54. The Morgan fingerprint density at radius 2 is 2.12 bits per heavy atom. The molecule has 1 N–H and O–H groups in total. The normalized spacial score (nSPS) is 23.6.